The Kier molecular flexibility index (Phi) is 6.08. The first-order valence-corrected chi connectivity index (χ1v) is 8.00. The van der Waals surface area contributed by atoms with E-state index < -0.39 is 0 Å². The molecule has 1 aromatic rings. The standard InChI is InChI=1S/C17H28BrNO/c1-16(2,3)19-12-17(4,5)10-9-13-7-8-14(20-6)11-15(13)18/h7-8,11,19H,9-10,12H2,1-6H3. The van der Waals surface area contributed by atoms with Crippen molar-refractivity contribution < 1.29 is 4.74 Å². The average Bonchev–Trinajstić information content (AvgIpc) is 2.34. The third-order valence-electron chi connectivity index (χ3n) is 3.43. The molecule has 0 aliphatic rings. The summed E-state index contributed by atoms with van der Waals surface area (Å²) in [5.74, 6) is 0.897. The SMILES string of the molecule is COc1ccc(CCC(C)(C)CNC(C)(C)C)c(Br)c1. The number of hydrogen-bond donors (Lipinski definition) is 1. The lowest BCUT2D eigenvalue weighted by atomic mass is 9.85. The summed E-state index contributed by atoms with van der Waals surface area (Å²) < 4.78 is 6.37. The summed E-state index contributed by atoms with van der Waals surface area (Å²) in [7, 11) is 1.70. The van der Waals surface area contributed by atoms with E-state index in [0.29, 0.717) is 0 Å². The summed E-state index contributed by atoms with van der Waals surface area (Å²) in [5.41, 5.74) is 1.81. The maximum absolute atomic E-state index is 5.23. The van der Waals surface area contributed by atoms with Gasteiger partial charge in [-0.05, 0) is 56.7 Å². The summed E-state index contributed by atoms with van der Waals surface area (Å²) in [6, 6.07) is 6.21. The Morgan fingerprint density at radius 2 is 1.80 bits per heavy atom. The fraction of sp³-hybridized carbons (Fsp3) is 0.647. The van der Waals surface area contributed by atoms with Crippen molar-refractivity contribution in [1.82, 2.24) is 5.32 Å². The number of rotatable bonds is 6. The Morgan fingerprint density at radius 3 is 2.30 bits per heavy atom. The molecule has 114 valence electrons. The predicted molar refractivity (Wildman–Crippen MR) is 90.6 cm³/mol. The van der Waals surface area contributed by atoms with Crippen LogP contribution in [0.1, 0.15) is 46.6 Å². The minimum Gasteiger partial charge on any atom is -0.497 e. The fourth-order valence-electron chi connectivity index (χ4n) is 1.92. The molecule has 0 atom stereocenters. The summed E-state index contributed by atoms with van der Waals surface area (Å²) in [6.45, 7) is 12.3. The van der Waals surface area contributed by atoms with E-state index in [2.05, 4.69) is 61.9 Å². The van der Waals surface area contributed by atoms with Crippen LogP contribution in [-0.2, 0) is 6.42 Å². The second-order valence-electron chi connectivity index (χ2n) is 7.23. The first kappa shape index (κ1) is 17.5. The van der Waals surface area contributed by atoms with Crippen LogP contribution in [-0.4, -0.2) is 19.2 Å². The van der Waals surface area contributed by atoms with Crippen molar-refractivity contribution in [3.63, 3.8) is 0 Å². The third-order valence-corrected chi connectivity index (χ3v) is 4.17. The minimum absolute atomic E-state index is 0.179. The number of methoxy groups -OCH3 is 1. The van der Waals surface area contributed by atoms with Crippen molar-refractivity contribution in [3.8, 4) is 5.75 Å². The molecule has 1 N–H and O–H groups in total. The quantitative estimate of drug-likeness (QED) is 0.801. The van der Waals surface area contributed by atoms with E-state index in [0.717, 1.165) is 29.6 Å². The molecule has 0 unspecified atom stereocenters. The first-order valence-electron chi connectivity index (χ1n) is 7.20. The summed E-state index contributed by atoms with van der Waals surface area (Å²) in [4.78, 5) is 0. The largest absolute Gasteiger partial charge is 0.497 e. The highest BCUT2D eigenvalue weighted by Gasteiger charge is 2.21. The Bertz CT molecular complexity index is 435. The second kappa shape index (κ2) is 6.95. The number of nitrogens with one attached hydrogen (secondary N) is 1. The number of halogens is 1. The predicted octanol–water partition coefficient (Wildman–Crippen LogP) is 4.80. The molecule has 0 saturated heterocycles. The molecule has 20 heavy (non-hydrogen) atoms. The molecule has 0 saturated carbocycles. The Labute approximate surface area is 132 Å². The highest BCUT2D eigenvalue weighted by atomic mass is 79.9. The van der Waals surface area contributed by atoms with Gasteiger partial charge in [-0.15, -0.1) is 0 Å². The Morgan fingerprint density at radius 1 is 1.15 bits per heavy atom. The summed E-state index contributed by atoms with van der Waals surface area (Å²) in [5, 5.41) is 3.60. The van der Waals surface area contributed by atoms with E-state index in [1.54, 1.807) is 7.11 Å². The van der Waals surface area contributed by atoms with Gasteiger partial charge >= 0.3 is 0 Å². The maximum atomic E-state index is 5.23. The average molecular weight is 342 g/mol. The molecular formula is C17H28BrNO. The molecule has 0 radical (unpaired) electrons. The summed E-state index contributed by atoms with van der Waals surface area (Å²) >= 11 is 3.63. The highest BCUT2D eigenvalue weighted by Crippen LogP contribution is 2.28. The lowest BCUT2D eigenvalue weighted by Gasteiger charge is -2.30. The number of ether oxygens (including phenoxy) is 1. The smallest absolute Gasteiger partial charge is 0.120 e. The van der Waals surface area contributed by atoms with Crippen LogP contribution in [0.5, 0.6) is 5.75 Å². The van der Waals surface area contributed by atoms with Gasteiger partial charge in [0.25, 0.3) is 0 Å². The monoisotopic (exact) mass is 341 g/mol. The van der Waals surface area contributed by atoms with Gasteiger partial charge in [-0.3, -0.25) is 0 Å². The Hall–Kier alpha value is -0.540. The van der Waals surface area contributed by atoms with Gasteiger partial charge in [-0.2, -0.15) is 0 Å². The zero-order chi connectivity index (χ0) is 15.4. The van der Waals surface area contributed by atoms with Crippen LogP contribution < -0.4 is 10.1 Å². The molecule has 0 aliphatic carbocycles. The minimum atomic E-state index is 0.179. The molecule has 0 bridgehead atoms. The van der Waals surface area contributed by atoms with E-state index in [-0.39, 0.29) is 11.0 Å². The molecule has 0 spiro atoms. The van der Waals surface area contributed by atoms with E-state index in [1.165, 1.54) is 5.56 Å². The van der Waals surface area contributed by atoms with Gasteiger partial charge < -0.3 is 10.1 Å². The number of aryl methyl sites for hydroxylation is 1. The molecule has 0 fully saturated rings. The van der Waals surface area contributed by atoms with E-state index >= 15 is 0 Å². The molecule has 0 amide bonds. The van der Waals surface area contributed by atoms with Crippen molar-refractivity contribution in [1.29, 1.82) is 0 Å². The van der Waals surface area contributed by atoms with Crippen LogP contribution in [0.25, 0.3) is 0 Å². The second-order valence-corrected chi connectivity index (χ2v) is 8.08. The number of hydrogen-bond acceptors (Lipinski definition) is 2. The van der Waals surface area contributed by atoms with Gasteiger partial charge in [0.1, 0.15) is 5.75 Å². The lowest BCUT2D eigenvalue weighted by Crippen LogP contribution is -2.42. The van der Waals surface area contributed by atoms with Crippen LogP contribution >= 0.6 is 15.9 Å². The molecule has 1 rings (SSSR count). The lowest BCUT2D eigenvalue weighted by molar-refractivity contribution is 0.273. The Balaban J connectivity index is 2.57. The van der Waals surface area contributed by atoms with Gasteiger partial charge in [0.2, 0.25) is 0 Å². The zero-order valence-electron chi connectivity index (χ0n) is 13.6. The zero-order valence-corrected chi connectivity index (χ0v) is 15.2. The van der Waals surface area contributed by atoms with Gasteiger partial charge in [0.15, 0.2) is 0 Å². The van der Waals surface area contributed by atoms with Crippen molar-refractivity contribution in [3.05, 3.63) is 28.2 Å². The molecule has 1 aromatic carbocycles. The fourth-order valence-corrected chi connectivity index (χ4v) is 2.48. The maximum Gasteiger partial charge on any atom is 0.120 e. The van der Waals surface area contributed by atoms with E-state index in [1.807, 2.05) is 12.1 Å². The van der Waals surface area contributed by atoms with Crippen LogP contribution in [0.2, 0.25) is 0 Å². The topological polar surface area (TPSA) is 21.3 Å². The molecule has 0 heterocycles. The normalized spacial score (nSPS) is 12.6. The van der Waals surface area contributed by atoms with Gasteiger partial charge in [-0.1, -0.05) is 35.8 Å². The van der Waals surface area contributed by atoms with Crippen molar-refractivity contribution in [2.75, 3.05) is 13.7 Å². The first-order chi connectivity index (χ1) is 9.13. The van der Waals surface area contributed by atoms with Crippen LogP contribution in [0.3, 0.4) is 0 Å². The van der Waals surface area contributed by atoms with Crippen LogP contribution in [0, 0.1) is 5.41 Å². The van der Waals surface area contributed by atoms with E-state index in [9.17, 15) is 0 Å². The van der Waals surface area contributed by atoms with Gasteiger partial charge in [0, 0.05) is 16.6 Å². The third kappa shape index (κ3) is 6.27. The molecule has 2 nitrogen and oxygen atoms in total. The van der Waals surface area contributed by atoms with Crippen molar-refractivity contribution in [2.45, 2.75) is 53.0 Å². The van der Waals surface area contributed by atoms with Gasteiger partial charge in [0.05, 0.1) is 7.11 Å². The van der Waals surface area contributed by atoms with Crippen molar-refractivity contribution >= 4 is 15.9 Å². The van der Waals surface area contributed by atoms with Crippen molar-refractivity contribution in [2.24, 2.45) is 5.41 Å². The van der Waals surface area contributed by atoms with Crippen LogP contribution in [0.15, 0.2) is 22.7 Å². The number of benzene rings is 1. The molecular weight excluding hydrogens is 314 g/mol. The molecule has 3 heteroatoms. The van der Waals surface area contributed by atoms with Crippen LogP contribution in [0.4, 0.5) is 0 Å². The summed E-state index contributed by atoms with van der Waals surface area (Å²) in [6.07, 6.45) is 2.23. The molecule has 0 aliphatic heterocycles. The van der Waals surface area contributed by atoms with E-state index in [4.69, 9.17) is 4.74 Å². The van der Waals surface area contributed by atoms with Gasteiger partial charge in [-0.25, -0.2) is 0 Å². The highest BCUT2D eigenvalue weighted by molar-refractivity contribution is 9.10. The molecule has 0 aromatic heterocycles.